The molecule has 0 saturated carbocycles. The van der Waals surface area contributed by atoms with Crippen LogP contribution in [-0.4, -0.2) is 30.6 Å². The normalized spacial score (nSPS) is 10.3. The van der Waals surface area contributed by atoms with Gasteiger partial charge in [0.05, 0.1) is 11.9 Å². The van der Waals surface area contributed by atoms with Crippen molar-refractivity contribution in [2.24, 2.45) is 0 Å². The first kappa shape index (κ1) is 11.9. The lowest BCUT2D eigenvalue weighted by Gasteiger charge is -2.17. The van der Waals surface area contributed by atoms with Crippen LogP contribution in [0.15, 0.2) is 12.4 Å². The van der Waals surface area contributed by atoms with Gasteiger partial charge in [0.15, 0.2) is 0 Å². The Kier molecular flexibility index (Phi) is 5.04. The van der Waals surface area contributed by atoms with Crippen LogP contribution in [0.5, 0.6) is 0 Å². The van der Waals surface area contributed by atoms with Crippen LogP contribution >= 0.6 is 0 Å². The topological polar surface area (TPSA) is 41.1 Å². The third-order valence-electron chi connectivity index (χ3n) is 2.27. The minimum absolute atomic E-state index is 0.766. The first-order chi connectivity index (χ1) is 7.27. The van der Waals surface area contributed by atoms with Crippen LogP contribution in [0.2, 0.25) is 0 Å². The molecular weight excluding hydrogens is 188 g/mol. The first-order valence-corrected chi connectivity index (χ1v) is 5.44. The fourth-order valence-corrected chi connectivity index (χ4v) is 1.35. The summed E-state index contributed by atoms with van der Waals surface area (Å²) in [6.45, 7) is 3.99. The highest BCUT2D eigenvalue weighted by Crippen LogP contribution is 2.08. The van der Waals surface area contributed by atoms with Gasteiger partial charge >= 0.3 is 0 Å². The van der Waals surface area contributed by atoms with Gasteiger partial charge in [0.25, 0.3) is 0 Å². The molecule has 0 radical (unpaired) electrons. The number of aromatic nitrogens is 2. The molecule has 0 spiro atoms. The third kappa shape index (κ3) is 3.83. The van der Waals surface area contributed by atoms with E-state index in [9.17, 15) is 0 Å². The molecule has 0 amide bonds. The predicted molar refractivity (Wildman–Crippen MR) is 63.0 cm³/mol. The molecule has 4 heteroatoms. The first-order valence-electron chi connectivity index (χ1n) is 5.44. The highest BCUT2D eigenvalue weighted by Gasteiger charge is 2.03. The van der Waals surface area contributed by atoms with Gasteiger partial charge in [-0.15, -0.1) is 0 Å². The predicted octanol–water partition coefficient (Wildman–Crippen LogP) is 1.43. The van der Waals surface area contributed by atoms with Gasteiger partial charge in [-0.2, -0.15) is 0 Å². The number of nitrogens with zero attached hydrogens (tertiary/aromatic N) is 3. The number of nitrogens with one attached hydrogen (secondary N) is 1. The lowest BCUT2D eigenvalue weighted by molar-refractivity contribution is 0.743. The summed E-state index contributed by atoms with van der Waals surface area (Å²) in [5, 5.41) is 3.07. The van der Waals surface area contributed by atoms with E-state index >= 15 is 0 Å². The Hall–Kier alpha value is -1.16. The average Bonchev–Trinajstić information content (AvgIpc) is 2.27. The minimum atomic E-state index is 0.766. The van der Waals surface area contributed by atoms with Crippen LogP contribution in [0.1, 0.15) is 25.5 Å². The number of hydrogen-bond acceptors (Lipinski definition) is 4. The Morgan fingerprint density at radius 3 is 2.87 bits per heavy atom. The van der Waals surface area contributed by atoms with Gasteiger partial charge in [0.1, 0.15) is 5.82 Å². The molecule has 0 saturated heterocycles. The van der Waals surface area contributed by atoms with E-state index in [1.807, 2.05) is 13.2 Å². The molecule has 1 heterocycles. The van der Waals surface area contributed by atoms with Gasteiger partial charge in [-0.3, -0.25) is 4.98 Å². The maximum atomic E-state index is 4.52. The lowest BCUT2D eigenvalue weighted by Crippen LogP contribution is -2.20. The van der Waals surface area contributed by atoms with Crippen molar-refractivity contribution in [2.45, 2.75) is 26.3 Å². The molecule has 0 atom stereocenters. The Balaban J connectivity index is 2.62. The second-order valence-electron chi connectivity index (χ2n) is 3.67. The highest BCUT2D eigenvalue weighted by molar-refractivity contribution is 5.34. The van der Waals surface area contributed by atoms with Crippen molar-refractivity contribution in [1.82, 2.24) is 15.3 Å². The van der Waals surface area contributed by atoms with Gasteiger partial charge in [0, 0.05) is 26.3 Å². The summed E-state index contributed by atoms with van der Waals surface area (Å²) in [5.41, 5.74) is 0.985. The molecule has 0 aliphatic carbocycles. The molecule has 0 aromatic carbocycles. The Bertz CT molecular complexity index is 288. The zero-order chi connectivity index (χ0) is 11.1. The van der Waals surface area contributed by atoms with Crippen LogP contribution < -0.4 is 10.2 Å². The smallest absolute Gasteiger partial charge is 0.147 e. The number of rotatable bonds is 6. The van der Waals surface area contributed by atoms with E-state index in [2.05, 4.69) is 34.2 Å². The van der Waals surface area contributed by atoms with Crippen LogP contribution in [0.4, 0.5) is 5.82 Å². The molecule has 1 aromatic rings. The van der Waals surface area contributed by atoms with Gasteiger partial charge in [-0.05, 0) is 13.5 Å². The van der Waals surface area contributed by atoms with E-state index in [-0.39, 0.29) is 0 Å². The molecule has 0 aliphatic heterocycles. The molecule has 84 valence electrons. The molecule has 0 unspecified atom stereocenters. The second kappa shape index (κ2) is 6.35. The van der Waals surface area contributed by atoms with E-state index < -0.39 is 0 Å². The molecule has 1 rings (SSSR count). The van der Waals surface area contributed by atoms with E-state index in [0.717, 1.165) is 24.6 Å². The molecular formula is C11H20N4. The molecule has 4 nitrogen and oxygen atoms in total. The summed E-state index contributed by atoms with van der Waals surface area (Å²) in [5.74, 6) is 0.955. The average molecular weight is 208 g/mol. The third-order valence-corrected chi connectivity index (χ3v) is 2.27. The van der Waals surface area contributed by atoms with E-state index in [0.29, 0.717) is 0 Å². The molecule has 0 aliphatic rings. The van der Waals surface area contributed by atoms with Crippen molar-refractivity contribution in [2.75, 3.05) is 25.5 Å². The zero-order valence-electron chi connectivity index (χ0n) is 9.82. The Morgan fingerprint density at radius 1 is 1.40 bits per heavy atom. The van der Waals surface area contributed by atoms with Crippen molar-refractivity contribution in [3.05, 3.63) is 18.1 Å². The maximum Gasteiger partial charge on any atom is 0.147 e. The monoisotopic (exact) mass is 208 g/mol. The number of unbranched alkanes of at least 4 members (excludes halogenated alkanes) is 1. The summed E-state index contributed by atoms with van der Waals surface area (Å²) >= 11 is 0. The van der Waals surface area contributed by atoms with Gasteiger partial charge < -0.3 is 10.2 Å². The molecule has 1 aromatic heterocycles. The summed E-state index contributed by atoms with van der Waals surface area (Å²) in [7, 11) is 3.97. The van der Waals surface area contributed by atoms with Crippen molar-refractivity contribution >= 4 is 5.82 Å². The standard InChI is InChI=1S/C11H20N4/c1-4-5-6-15(3)11-9-13-8-10(14-11)7-12-2/h8-9,12H,4-7H2,1-3H3. The van der Waals surface area contributed by atoms with Crippen LogP contribution in [0, 0.1) is 0 Å². The van der Waals surface area contributed by atoms with Crippen LogP contribution in [-0.2, 0) is 6.54 Å². The largest absolute Gasteiger partial charge is 0.358 e. The molecule has 0 bridgehead atoms. The SMILES string of the molecule is CCCCN(C)c1cncc(CNC)n1. The van der Waals surface area contributed by atoms with Crippen molar-refractivity contribution in [3.63, 3.8) is 0 Å². The molecule has 1 N–H and O–H groups in total. The van der Waals surface area contributed by atoms with Gasteiger partial charge in [-0.25, -0.2) is 4.98 Å². The molecule has 0 fully saturated rings. The summed E-state index contributed by atoms with van der Waals surface area (Å²) < 4.78 is 0. The number of anilines is 1. The zero-order valence-corrected chi connectivity index (χ0v) is 9.82. The second-order valence-corrected chi connectivity index (χ2v) is 3.67. The fourth-order valence-electron chi connectivity index (χ4n) is 1.35. The quantitative estimate of drug-likeness (QED) is 0.768. The van der Waals surface area contributed by atoms with E-state index in [1.54, 1.807) is 6.20 Å². The minimum Gasteiger partial charge on any atom is -0.358 e. The van der Waals surface area contributed by atoms with Crippen LogP contribution in [0.3, 0.4) is 0 Å². The molecule has 15 heavy (non-hydrogen) atoms. The van der Waals surface area contributed by atoms with E-state index in [1.165, 1.54) is 12.8 Å². The highest BCUT2D eigenvalue weighted by atomic mass is 15.2. The summed E-state index contributed by atoms with van der Waals surface area (Å²) in [6, 6.07) is 0. The Labute approximate surface area is 91.7 Å². The van der Waals surface area contributed by atoms with Crippen molar-refractivity contribution < 1.29 is 0 Å². The fraction of sp³-hybridized carbons (Fsp3) is 0.636. The van der Waals surface area contributed by atoms with Gasteiger partial charge in [-0.1, -0.05) is 13.3 Å². The van der Waals surface area contributed by atoms with Crippen molar-refractivity contribution in [3.8, 4) is 0 Å². The van der Waals surface area contributed by atoms with Gasteiger partial charge in [0.2, 0.25) is 0 Å². The lowest BCUT2D eigenvalue weighted by atomic mass is 10.3. The van der Waals surface area contributed by atoms with E-state index in [4.69, 9.17) is 0 Å². The maximum absolute atomic E-state index is 4.52. The number of hydrogen-bond donors (Lipinski definition) is 1. The summed E-state index contributed by atoms with van der Waals surface area (Å²) in [4.78, 5) is 10.9. The van der Waals surface area contributed by atoms with Crippen LogP contribution in [0.25, 0.3) is 0 Å². The van der Waals surface area contributed by atoms with Crippen molar-refractivity contribution in [1.29, 1.82) is 0 Å². The Morgan fingerprint density at radius 2 is 2.20 bits per heavy atom. The summed E-state index contributed by atoms with van der Waals surface area (Å²) in [6.07, 6.45) is 6.00.